The molecule has 2 aromatic carbocycles. The van der Waals surface area contributed by atoms with Crippen LogP contribution in [0.2, 0.25) is 0 Å². The standard InChI is InChI=1S/C26H29N5O2/c1-4-30(5-2)26-25-24(28-18-29-26)22(20-11-7-6-8-12-20)16-31(25)17-23(32)27-15-19-10-9-13-21(14-19)33-3/h6-14,16,18H,4-5,15,17H2,1-3H3,(H,27,32). The average Bonchev–Trinajstić information content (AvgIpc) is 3.23. The Kier molecular flexibility index (Phi) is 6.88. The molecule has 7 nitrogen and oxygen atoms in total. The lowest BCUT2D eigenvalue weighted by atomic mass is 10.1. The number of nitrogens with zero attached hydrogens (tertiary/aromatic N) is 4. The van der Waals surface area contributed by atoms with Gasteiger partial charge in [-0.2, -0.15) is 0 Å². The molecule has 0 radical (unpaired) electrons. The number of carbonyl (C=O) groups excluding carboxylic acids is 1. The van der Waals surface area contributed by atoms with E-state index in [2.05, 4.69) is 46.2 Å². The predicted octanol–water partition coefficient (Wildman–Crippen LogP) is 4.27. The maximum atomic E-state index is 12.9. The van der Waals surface area contributed by atoms with E-state index in [1.807, 2.05) is 53.2 Å². The highest BCUT2D eigenvalue weighted by Crippen LogP contribution is 2.33. The molecule has 0 saturated carbocycles. The molecule has 0 bridgehead atoms. The number of nitrogens with one attached hydrogen (secondary N) is 1. The first-order valence-corrected chi connectivity index (χ1v) is 11.2. The van der Waals surface area contributed by atoms with E-state index in [1.165, 1.54) is 0 Å². The van der Waals surface area contributed by atoms with Crippen LogP contribution in [0.1, 0.15) is 19.4 Å². The minimum Gasteiger partial charge on any atom is -0.497 e. The summed E-state index contributed by atoms with van der Waals surface area (Å²) >= 11 is 0. The molecule has 0 aliphatic carbocycles. The van der Waals surface area contributed by atoms with Gasteiger partial charge in [0.1, 0.15) is 29.7 Å². The Hall–Kier alpha value is -3.87. The van der Waals surface area contributed by atoms with Crippen molar-refractivity contribution in [1.82, 2.24) is 19.9 Å². The zero-order valence-corrected chi connectivity index (χ0v) is 19.3. The minimum absolute atomic E-state index is 0.0799. The number of amides is 1. The zero-order chi connectivity index (χ0) is 23.2. The van der Waals surface area contributed by atoms with Gasteiger partial charge < -0.3 is 19.5 Å². The number of methoxy groups -OCH3 is 1. The molecule has 0 spiro atoms. The third-order valence-electron chi connectivity index (χ3n) is 5.72. The van der Waals surface area contributed by atoms with E-state index >= 15 is 0 Å². The lowest BCUT2D eigenvalue weighted by molar-refractivity contribution is -0.121. The van der Waals surface area contributed by atoms with E-state index in [1.54, 1.807) is 13.4 Å². The molecule has 2 heterocycles. The fourth-order valence-electron chi connectivity index (χ4n) is 4.01. The van der Waals surface area contributed by atoms with Crippen molar-refractivity contribution in [1.29, 1.82) is 0 Å². The molecule has 2 aromatic heterocycles. The zero-order valence-electron chi connectivity index (χ0n) is 19.3. The maximum absolute atomic E-state index is 12.9. The first-order valence-electron chi connectivity index (χ1n) is 11.2. The van der Waals surface area contributed by atoms with Crippen LogP contribution in [-0.2, 0) is 17.9 Å². The van der Waals surface area contributed by atoms with Gasteiger partial charge in [-0.1, -0.05) is 42.5 Å². The number of anilines is 1. The van der Waals surface area contributed by atoms with Gasteiger partial charge in [-0.3, -0.25) is 4.79 Å². The third-order valence-corrected chi connectivity index (χ3v) is 5.72. The number of rotatable bonds is 9. The number of aromatic nitrogens is 3. The number of benzene rings is 2. The number of hydrogen-bond acceptors (Lipinski definition) is 5. The summed E-state index contributed by atoms with van der Waals surface area (Å²) in [7, 11) is 1.63. The summed E-state index contributed by atoms with van der Waals surface area (Å²) in [5.41, 5.74) is 4.75. The molecule has 4 rings (SSSR count). The Balaban J connectivity index is 1.67. The van der Waals surface area contributed by atoms with E-state index in [0.29, 0.717) is 6.54 Å². The SMILES string of the molecule is CCN(CC)c1ncnc2c(-c3ccccc3)cn(CC(=O)NCc3cccc(OC)c3)c12. The van der Waals surface area contributed by atoms with Gasteiger partial charge in [-0.25, -0.2) is 9.97 Å². The smallest absolute Gasteiger partial charge is 0.240 e. The van der Waals surface area contributed by atoms with Crippen LogP contribution in [0.25, 0.3) is 22.2 Å². The van der Waals surface area contributed by atoms with Gasteiger partial charge in [0.25, 0.3) is 0 Å². The molecular weight excluding hydrogens is 414 g/mol. The summed E-state index contributed by atoms with van der Waals surface area (Å²) in [5, 5.41) is 3.02. The van der Waals surface area contributed by atoms with Gasteiger partial charge in [0.05, 0.1) is 7.11 Å². The van der Waals surface area contributed by atoms with Crippen molar-refractivity contribution in [3.8, 4) is 16.9 Å². The summed E-state index contributed by atoms with van der Waals surface area (Å²) in [4.78, 5) is 24.3. The quantitative estimate of drug-likeness (QED) is 0.418. The Bertz CT molecular complexity index is 1230. The van der Waals surface area contributed by atoms with E-state index < -0.39 is 0 Å². The van der Waals surface area contributed by atoms with E-state index in [0.717, 1.165) is 52.4 Å². The molecule has 170 valence electrons. The topological polar surface area (TPSA) is 72.3 Å². The molecule has 1 N–H and O–H groups in total. The Morgan fingerprint density at radius 2 is 1.85 bits per heavy atom. The van der Waals surface area contributed by atoms with Crippen LogP contribution >= 0.6 is 0 Å². The van der Waals surface area contributed by atoms with Crippen molar-refractivity contribution in [2.45, 2.75) is 26.9 Å². The van der Waals surface area contributed by atoms with Crippen molar-refractivity contribution >= 4 is 22.8 Å². The van der Waals surface area contributed by atoms with Crippen LogP contribution in [0.4, 0.5) is 5.82 Å². The summed E-state index contributed by atoms with van der Waals surface area (Å²) in [6.07, 6.45) is 3.61. The van der Waals surface area contributed by atoms with Crippen LogP contribution in [0.15, 0.2) is 67.1 Å². The molecule has 0 aliphatic rings. The molecule has 4 aromatic rings. The highest BCUT2D eigenvalue weighted by Gasteiger charge is 2.20. The molecule has 7 heteroatoms. The monoisotopic (exact) mass is 443 g/mol. The summed E-state index contributed by atoms with van der Waals surface area (Å²) in [6, 6.07) is 17.8. The number of carbonyl (C=O) groups is 1. The number of hydrogen-bond donors (Lipinski definition) is 1. The van der Waals surface area contributed by atoms with Gasteiger partial charge in [0.2, 0.25) is 5.91 Å². The fraction of sp³-hybridized carbons (Fsp3) is 0.269. The molecule has 0 unspecified atom stereocenters. The minimum atomic E-state index is -0.0799. The van der Waals surface area contributed by atoms with Crippen LogP contribution < -0.4 is 15.0 Å². The molecule has 1 amide bonds. The maximum Gasteiger partial charge on any atom is 0.240 e. The van der Waals surface area contributed by atoms with Crippen molar-refractivity contribution < 1.29 is 9.53 Å². The second-order valence-electron chi connectivity index (χ2n) is 7.73. The molecule has 0 saturated heterocycles. The highest BCUT2D eigenvalue weighted by atomic mass is 16.5. The second-order valence-corrected chi connectivity index (χ2v) is 7.73. The summed E-state index contributed by atoms with van der Waals surface area (Å²) in [6.45, 7) is 6.44. The van der Waals surface area contributed by atoms with Gasteiger partial charge >= 0.3 is 0 Å². The van der Waals surface area contributed by atoms with Crippen LogP contribution in [0.5, 0.6) is 5.75 Å². The molecule has 0 fully saturated rings. The van der Waals surface area contributed by atoms with Gasteiger partial charge in [-0.15, -0.1) is 0 Å². The second kappa shape index (κ2) is 10.2. The van der Waals surface area contributed by atoms with Crippen molar-refractivity contribution in [3.05, 3.63) is 72.7 Å². The van der Waals surface area contributed by atoms with E-state index in [-0.39, 0.29) is 12.5 Å². The van der Waals surface area contributed by atoms with Crippen molar-refractivity contribution in [3.63, 3.8) is 0 Å². The number of fused-ring (bicyclic) bond motifs is 1. The first kappa shape index (κ1) is 22.3. The van der Waals surface area contributed by atoms with Gasteiger partial charge in [-0.05, 0) is 37.1 Å². The lowest BCUT2D eigenvalue weighted by Crippen LogP contribution is -2.28. The Morgan fingerprint density at radius 3 is 2.58 bits per heavy atom. The predicted molar refractivity (Wildman–Crippen MR) is 131 cm³/mol. The largest absolute Gasteiger partial charge is 0.497 e. The van der Waals surface area contributed by atoms with E-state index in [4.69, 9.17) is 4.74 Å². The lowest BCUT2D eigenvalue weighted by Gasteiger charge is -2.21. The Morgan fingerprint density at radius 1 is 1.06 bits per heavy atom. The van der Waals surface area contributed by atoms with Crippen molar-refractivity contribution in [2.24, 2.45) is 0 Å². The Labute approximate surface area is 194 Å². The van der Waals surface area contributed by atoms with E-state index in [9.17, 15) is 4.79 Å². The van der Waals surface area contributed by atoms with Crippen LogP contribution in [-0.4, -0.2) is 40.6 Å². The molecular formula is C26H29N5O2. The summed E-state index contributed by atoms with van der Waals surface area (Å²) in [5.74, 6) is 1.53. The van der Waals surface area contributed by atoms with Gasteiger partial charge in [0.15, 0.2) is 5.82 Å². The highest BCUT2D eigenvalue weighted by molar-refractivity contribution is 5.99. The number of ether oxygens (including phenoxy) is 1. The van der Waals surface area contributed by atoms with Gasteiger partial charge in [0, 0.05) is 31.4 Å². The third kappa shape index (κ3) is 4.82. The fourth-order valence-corrected chi connectivity index (χ4v) is 4.01. The summed E-state index contributed by atoms with van der Waals surface area (Å²) < 4.78 is 7.24. The first-order chi connectivity index (χ1) is 16.1. The van der Waals surface area contributed by atoms with Crippen LogP contribution in [0, 0.1) is 0 Å². The van der Waals surface area contributed by atoms with Crippen LogP contribution in [0.3, 0.4) is 0 Å². The van der Waals surface area contributed by atoms with Crippen molar-refractivity contribution in [2.75, 3.05) is 25.1 Å². The molecule has 0 atom stereocenters. The molecule has 33 heavy (non-hydrogen) atoms. The normalized spacial score (nSPS) is 10.9. The molecule has 0 aliphatic heterocycles. The average molecular weight is 444 g/mol.